The quantitative estimate of drug-likeness (QED) is 0.829. The molecule has 17 heavy (non-hydrogen) atoms. The number of benzene rings is 1. The van der Waals surface area contributed by atoms with E-state index < -0.39 is 0 Å². The Balaban J connectivity index is 2.11. The van der Waals surface area contributed by atoms with Crippen molar-refractivity contribution in [3.63, 3.8) is 0 Å². The molecule has 1 heterocycles. The van der Waals surface area contributed by atoms with E-state index in [4.69, 9.17) is 5.73 Å². The summed E-state index contributed by atoms with van der Waals surface area (Å²) in [6.45, 7) is 1.38. The Morgan fingerprint density at radius 3 is 2.65 bits per heavy atom. The van der Waals surface area contributed by atoms with E-state index in [1.54, 1.807) is 17.0 Å². The summed E-state index contributed by atoms with van der Waals surface area (Å²) < 4.78 is 0.592. The number of phenolic OH excluding ortho intramolecular Hbond substituents is 1. The second kappa shape index (κ2) is 5.06. The van der Waals surface area contributed by atoms with Crippen LogP contribution in [0.2, 0.25) is 0 Å². The number of carbonyl (C=O) groups excluding carboxylic acids is 1. The van der Waals surface area contributed by atoms with Crippen molar-refractivity contribution < 1.29 is 9.90 Å². The molecule has 5 heteroatoms. The van der Waals surface area contributed by atoms with Gasteiger partial charge in [0.05, 0.1) is 4.47 Å². The standard InChI is InChI=1S/C12H15BrN2O2/c13-10-2-1-8(7-11(10)16)12(17)15-5-3-9(14)4-6-15/h1-2,7,9,16H,3-6,14H2. The van der Waals surface area contributed by atoms with E-state index in [-0.39, 0.29) is 17.7 Å². The topological polar surface area (TPSA) is 66.6 Å². The van der Waals surface area contributed by atoms with Crippen molar-refractivity contribution >= 4 is 21.8 Å². The number of nitrogens with two attached hydrogens (primary N) is 1. The van der Waals surface area contributed by atoms with Gasteiger partial charge in [0.2, 0.25) is 0 Å². The zero-order valence-corrected chi connectivity index (χ0v) is 11.0. The minimum Gasteiger partial charge on any atom is -0.507 e. The summed E-state index contributed by atoms with van der Waals surface area (Å²) in [4.78, 5) is 13.9. The maximum atomic E-state index is 12.1. The van der Waals surface area contributed by atoms with Crippen molar-refractivity contribution in [2.24, 2.45) is 5.73 Å². The zero-order chi connectivity index (χ0) is 12.4. The smallest absolute Gasteiger partial charge is 0.253 e. The number of halogens is 1. The number of piperidine rings is 1. The normalized spacial score (nSPS) is 17.2. The van der Waals surface area contributed by atoms with Crippen LogP contribution < -0.4 is 5.73 Å². The van der Waals surface area contributed by atoms with Gasteiger partial charge in [-0.2, -0.15) is 0 Å². The lowest BCUT2D eigenvalue weighted by Crippen LogP contribution is -2.42. The summed E-state index contributed by atoms with van der Waals surface area (Å²) in [5, 5.41) is 9.55. The molecule has 0 aromatic heterocycles. The Morgan fingerprint density at radius 1 is 1.41 bits per heavy atom. The first kappa shape index (κ1) is 12.4. The van der Waals surface area contributed by atoms with E-state index in [2.05, 4.69) is 15.9 Å². The molecular weight excluding hydrogens is 284 g/mol. The van der Waals surface area contributed by atoms with E-state index >= 15 is 0 Å². The molecule has 1 aromatic carbocycles. The summed E-state index contributed by atoms with van der Waals surface area (Å²) in [7, 11) is 0. The zero-order valence-electron chi connectivity index (χ0n) is 9.40. The molecule has 0 atom stereocenters. The Kier molecular flexibility index (Phi) is 3.69. The summed E-state index contributed by atoms with van der Waals surface area (Å²) in [5.74, 6) is 0.0456. The second-order valence-electron chi connectivity index (χ2n) is 4.30. The van der Waals surface area contributed by atoms with Crippen molar-refractivity contribution in [3.8, 4) is 5.75 Å². The van der Waals surface area contributed by atoms with E-state index in [9.17, 15) is 9.90 Å². The summed E-state index contributed by atoms with van der Waals surface area (Å²) in [6, 6.07) is 5.08. The second-order valence-corrected chi connectivity index (χ2v) is 5.15. The van der Waals surface area contributed by atoms with Crippen LogP contribution in [0.25, 0.3) is 0 Å². The molecule has 3 N–H and O–H groups in total. The van der Waals surface area contributed by atoms with Gasteiger partial charge in [0.15, 0.2) is 0 Å². The highest BCUT2D eigenvalue weighted by atomic mass is 79.9. The van der Waals surface area contributed by atoms with Crippen molar-refractivity contribution in [2.45, 2.75) is 18.9 Å². The molecule has 4 nitrogen and oxygen atoms in total. The number of carbonyl (C=O) groups is 1. The fourth-order valence-corrected chi connectivity index (χ4v) is 2.18. The SMILES string of the molecule is NC1CCN(C(=O)c2ccc(Br)c(O)c2)CC1. The molecule has 1 amide bonds. The average molecular weight is 299 g/mol. The number of likely N-dealkylation sites (tertiary alicyclic amines) is 1. The van der Waals surface area contributed by atoms with Gasteiger partial charge in [0.1, 0.15) is 5.75 Å². The molecule has 92 valence electrons. The first-order chi connectivity index (χ1) is 8.08. The molecule has 1 aliphatic heterocycles. The summed E-state index contributed by atoms with van der Waals surface area (Å²) in [5.41, 5.74) is 6.31. The van der Waals surface area contributed by atoms with Crippen molar-refractivity contribution in [2.75, 3.05) is 13.1 Å². The minimum atomic E-state index is -0.0419. The molecule has 1 aliphatic rings. The van der Waals surface area contributed by atoms with Crippen molar-refractivity contribution in [1.29, 1.82) is 0 Å². The summed E-state index contributed by atoms with van der Waals surface area (Å²) >= 11 is 3.19. The van der Waals surface area contributed by atoms with Crippen molar-refractivity contribution in [1.82, 2.24) is 4.90 Å². The van der Waals surface area contributed by atoms with Crippen LogP contribution in [0.15, 0.2) is 22.7 Å². The van der Waals surface area contributed by atoms with Crippen LogP contribution in [0.1, 0.15) is 23.2 Å². The fraction of sp³-hybridized carbons (Fsp3) is 0.417. The number of nitrogens with zero attached hydrogens (tertiary/aromatic N) is 1. The minimum absolute atomic E-state index is 0.0419. The molecule has 0 radical (unpaired) electrons. The molecule has 0 bridgehead atoms. The van der Waals surface area contributed by atoms with E-state index in [0.717, 1.165) is 12.8 Å². The van der Waals surface area contributed by atoms with Crippen LogP contribution in [0.3, 0.4) is 0 Å². The molecule has 1 fully saturated rings. The third kappa shape index (κ3) is 2.79. The van der Waals surface area contributed by atoms with Gasteiger partial charge in [-0.25, -0.2) is 0 Å². The predicted octanol–water partition coefficient (Wildman–Crippen LogP) is 1.72. The Hall–Kier alpha value is -1.07. The Morgan fingerprint density at radius 2 is 2.06 bits per heavy atom. The monoisotopic (exact) mass is 298 g/mol. The summed E-state index contributed by atoms with van der Waals surface area (Å²) in [6.07, 6.45) is 1.68. The maximum Gasteiger partial charge on any atom is 0.253 e. The number of rotatable bonds is 1. The van der Waals surface area contributed by atoms with Gasteiger partial charge in [-0.05, 0) is 47.0 Å². The number of amides is 1. The van der Waals surface area contributed by atoms with Crippen LogP contribution in [-0.4, -0.2) is 35.0 Å². The van der Waals surface area contributed by atoms with E-state index in [1.165, 1.54) is 6.07 Å². The average Bonchev–Trinajstić information content (AvgIpc) is 2.33. The lowest BCUT2D eigenvalue weighted by Gasteiger charge is -2.30. The van der Waals surface area contributed by atoms with Gasteiger partial charge >= 0.3 is 0 Å². The largest absolute Gasteiger partial charge is 0.507 e. The highest BCUT2D eigenvalue weighted by Crippen LogP contribution is 2.25. The van der Waals surface area contributed by atoms with Gasteiger partial charge < -0.3 is 15.7 Å². The first-order valence-electron chi connectivity index (χ1n) is 5.61. The van der Waals surface area contributed by atoms with Gasteiger partial charge in [0.25, 0.3) is 5.91 Å². The van der Waals surface area contributed by atoms with Gasteiger partial charge in [-0.3, -0.25) is 4.79 Å². The van der Waals surface area contributed by atoms with Crippen molar-refractivity contribution in [3.05, 3.63) is 28.2 Å². The highest BCUT2D eigenvalue weighted by molar-refractivity contribution is 9.10. The number of aromatic hydroxyl groups is 1. The van der Waals surface area contributed by atoms with Crippen LogP contribution in [-0.2, 0) is 0 Å². The molecule has 0 spiro atoms. The fourth-order valence-electron chi connectivity index (χ4n) is 1.93. The number of hydrogen-bond donors (Lipinski definition) is 2. The third-order valence-corrected chi connectivity index (χ3v) is 3.69. The predicted molar refractivity (Wildman–Crippen MR) is 68.9 cm³/mol. The van der Waals surface area contributed by atoms with Gasteiger partial charge in [-0.15, -0.1) is 0 Å². The van der Waals surface area contributed by atoms with E-state index in [1.807, 2.05) is 0 Å². The highest BCUT2D eigenvalue weighted by Gasteiger charge is 2.21. The van der Waals surface area contributed by atoms with Crippen LogP contribution >= 0.6 is 15.9 Å². The third-order valence-electron chi connectivity index (χ3n) is 3.02. The molecule has 0 unspecified atom stereocenters. The lowest BCUT2D eigenvalue weighted by molar-refractivity contribution is 0.0714. The number of hydrogen-bond acceptors (Lipinski definition) is 3. The molecular formula is C12H15BrN2O2. The van der Waals surface area contributed by atoms with Gasteiger partial charge in [0, 0.05) is 24.7 Å². The Labute approximate surface area is 109 Å². The number of phenols is 1. The van der Waals surface area contributed by atoms with Gasteiger partial charge in [-0.1, -0.05) is 0 Å². The first-order valence-corrected chi connectivity index (χ1v) is 6.40. The Bertz CT molecular complexity index is 429. The lowest BCUT2D eigenvalue weighted by atomic mass is 10.0. The van der Waals surface area contributed by atoms with Crippen LogP contribution in [0.5, 0.6) is 5.75 Å². The van der Waals surface area contributed by atoms with Crippen LogP contribution in [0, 0.1) is 0 Å². The maximum absolute atomic E-state index is 12.1. The van der Waals surface area contributed by atoms with E-state index in [0.29, 0.717) is 23.1 Å². The molecule has 1 aromatic rings. The molecule has 0 saturated carbocycles. The molecule has 1 saturated heterocycles. The van der Waals surface area contributed by atoms with Crippen LogP contribution in [0.4, 0.5) is 0 Å². The molecule has 0 aliphatic carbocycles. The molecule has 2 rings (SSSR count).